The van der Waals surface area contributed by atoms with Crippen molar-refractivity contribution >= 4 is 35.6 Å². The zero-order valence-electron chi connectivity index (χ0n) is 18.9. The van der Waals surface area contributed by atoms with Gasteiger partial charge in [-0.05, 0) is 31.2 Å². The highest BCUT2D eigenvalue weighted by Gasteiger charge is 2.21. The van der Waals surface area contributed by atoms with E-state index in [0.29, 0.717) is 6.04 Å². The van der Waals surface area contributed by atoms with Crippen molar-refractivity contribution < 1.29 is 9.47 Å². The fraction of sp³-hybridized carbons (Fsp3) is 0.545. The number of guanidine groups is 1. The fourth-order valence-corrected chi connectivity index (χ4v) is 3.75. The maximum Gasteiger partial charge on any atom is 0.191 e. The zero-order valence-corrected chi connectivity index (χ0v) is 21.3. The number of aromatic nitrogens is 2. The molecule has 2 heterocycles. The number of anilines is 1. The van der Waals surface area contributed by atoms with Gasteiger partial charge in [-0.3, -0.25) is 9.67 Å². The lowest BCUT2D eigenvalue weighted by atomic mass is 10.0. The molecule has 1 aromatic carbocycles. The molecule has 0 saturated carbocycles. The predicted molar refractivity (Wildman–Crippen MR) is 136 cm³/mol. The van der Waals surface area contributed by atoms with Crippen LogP contribution in [-0.2, 0) is 13.5 Å². The quantitative estimate of drug-likeness (QED) is 0.231. The van der Waals surface area contributed by atoms with Crippen molar-refractivity contribution in [2.45, 2.75) is 31.7 Å². The number of rotatable bonds is 8. The number of hydrogen-bond donors (Lipinski definition) is 2. The van der Waals surface area contributed by atoms with Gasteiger partial charge in [-0.25, -0.2) is 0 Å². The van der Waals surface area contributed by atoms with Crippen molar-refractivity contribution in [2.24, 2.45) is 12.0 Å². The van der Waals surface area contributed by atoms with Gasteiger partial charge < -0.3 is 25.0 Å². The third-order valence-corrected chi connectivity index (χ3v) is 5.45. The SMILES string of the molecule is CN=C(NCCCc1cnn(C)c1)NC1CCN(c2cc(OC)cc(OC)c2)CC1.I. The second-order valence-corrected chi connectivity index (χ2v) is 7.60. The summed E-state index contributed by atoms with van der Waals surface area (Å²) in [6, 6.07) is 6.46. The second-order valence-electron chi connectivity index (χ2n) is 7.60. The number of nitrogens with zero attached hydrogens (tertiary/aromatic N) is 4. The number of piperidine rings is 1. The fourth-order valence-electron chi connectivity index (χ4n) is 3.75. The number of halogens is 1. The lowest BCUT2D eigenvalue weighted by Crippen LogP contribution is -2.49. The average molecular weight is 542 g/mol. The molecular formula is C22H35IN6O2. The van der Waals surface area contributed by atoms with E-state index >= 15 is 0 Å². The van der Waals surface area contributed by atoms with Crippen LogP contribution in [-0.4, -0.2) is 62.7 Å². The Morgan fingerprint density at radius 3 is 2.39 bits per heavy atom. The maximum absolute atomic E-state index is 5.40. The topological polar surface area (TPSA) is 75.9 Å². The number of hydrogen-bond acceptors (Lipinski definition) is 5. The Hall–Kier alpha value is -2.17. The molecule has 0 atom stereocenters. The largest absolute Gasteiger partial charge is 0.497 e. The number of nitrogens with one attached hydrogen (secondary N) is 2. The summed E-state index contributed by atoms with van der Waals surface area (Å²) in [5.41, 5.74) is 2.41. The van der Waals surface area contributed by atoms with Crippen LogP contribution >= 0.6 is 24.0 Å². The van der Waals surface area contributed by atoms with E-state index in [1.54, 1.807) is 14.2 Å². The molecule has 2 N–H and O–H groups in total. The molecule has 0 unspecified atom stereocenters. The van der Waals surface area contributed by atoms with Crippen molar-refractivity contribution in [2.75, 3.05) is 45.8 Å². The van der Waals surface area contributed by atoms with Gasteiger partial charge in [-0.15, -0.1) is 24.0 Å². The number of methoxy groups -OCH3 is 2. The Kier molecular flexibility index (Phi) is 10.2. The Morgan fingerprint density at radius 2 is 1.84 bits per heavy atom. The molecule has 1 aliphatic heterocycles. The monoisotopic (exact) mass is 542 g/mol. The van der Waals surface area contributed by atoms with Gasteiger partial charge in [-0.2, -0.15) is 5.10 Å². The summed E-state index contributed by atoms with van der Waals surface area (Å²) in [7, 11) is 7.14. The van der Waals surface area contributed by atoms with Gasteiger partial charge in [0.05, 0.1) is 20.4 Å². The van der Waals surface area contributed by atoms with E-state index < -0.39 is 0 Å². The molecule has 8 nitrogen and oxygen atoms in total. The molecule has 0 amide bonds. The molecule has 172 valence electrons. The van der Waals surface area contributed by atoms with Gasteiger partial charge in [0.15, 0.2) is 5.96 Å². The Labute approximate surface area is 202 Å². The van der Waals surface area contributed by atoms with Gasteiger partial charge in [0.2, 0.25) is 0 Å². The lowest BCUT2D eigenvalue weighted by Gasteiger charge is -2.34. The van der Waals surface area contributed by atoms with Crippen molar-refractivity contribution in [3.05, 3.63) is 36.2 Å². The van der Waals surface area contributed by atoms with Crippen LogP contribution in [0.25, 0.3) is 0 Å². The summed E-state index contributed by atoms with van der Waals surface area (Å²) in [6.07, 6.45) is 8.16. The highest BCUT2D eigenvalue weighted by atomic mass is 127. The Morgan fingerprint density at radius 1 is 1.16 bits per heavy atom. The molecule has 2 aromatic rings. The van der Waals surface area contributed by atoms with Crippen molar-refractivity contribution in [3.8, 4) is 11.5 Å². The van der Waals surface area contributed by atoms with Gasteiger partial charge >= 0.3 is 0 Å². The summed E-state index contributed by atoms with van der Waals surface area (Å²) >= 11 is 0. The van der Waals surface area contributed by atoms with E-state index in [1.807, 2.05) is 31.0 Å². The van der Waals surface area contributed by atoms with E-state index in [9.17, 15) is 0 Å². The summed E-state index contributed by atoms with van der Waals surface area (Å²) < 4.78 is 12.7. The van der Waals surface area contributed by atoms with Crippen LogP contribution in [0.1, 0.15) is 24.8 Å². The van der Waals surface area contributed by atoms with Gasteiger partial charge in [0.25, 0.3) is 0 Å². The molecule has 1 aromatic heterocycles. The minimum absolute atomic E-state index is 0. The van der Waals surface area contributed by atoms with Crippen LogP contribution in [0.15, 0.2) is 35.6 Å². The smallest absolute Gasteiger partial charge is 0.191 e. The molecule has 0 radical (unpaired) electrons. The summed E-state index contributed by atoms with van der Waals surface area (Å²) in [4.78, 5) is 6.77. The Bertz CT molecular complexity index is 811. The third kappa shape index (κ3) is 7.48. The van der Waals surface area contributed by atoms with Crippen LogP contribution in [0.3, 0.4) is 0 Å². The molecule has 0 spiro atoms. The van der Waals surface area contributed by atoms with E-state index in [1.165, 1.54) is 5.56 Å². The molecule has 31 heavy (non-hydrogen) atoms. The van der Waals surface area contributed by atoms with Crippen LogP contribution in [0.4, 0.5) is 5.69 Å². The van der Waals surface area contributed by atoms with Crippen molar-refractivity contribution in [1.29, 1.82) is 0 Å². The second kappa shape index (κ2) is 12.6. The normalized spacial score (nSPS) is 14.7. The third-order valence-electron chi connectivity index (χ3n) is 5.45. The van der Waals surface area contributed by atoms with Gasteiger partial charge in [0, 0.05) is 69.9 Å². The number of benzene rings is 1. The molecule has 9 heteroatoms. The van der Waals surface area contributed by atoms with Crippen LogP contribution in [0, 0.1) is 0 Å². The highest BCUT2D eigenvalue weighted by Crippen LogP contribution is 2.30. The van der Waals surface area contributed by atoms with Crippen LogP contribution < -0.4 is 25.0 Å². The zero-order chi connectivity index (χ0) is 21.3. The molecular weight excluding hydrogens is 507 g/mol. The van der Waals surface area contributed by atoms with E-state index in [2.05, 4.69) is 44.0 Å². The van der Waals surface area contributed by atoms with Gasteiger partial charge in [0.1, 0.15) is 11.5 Å². The minimum atomic E-state index is 0. The Balaban J connectivity index is 0.00000341. The summed E-state index contributed by atoms with van der Waals surface area (Å²) in [6.45, 7) is 2.84. The standard InChI is InChI=1S/C22H34N6O2.HI/c1-23-22(24-9-5-6-17-15-25-27(2)16-17)26-18-7-10-28(11-8-18)19-12-20(29-3)14-21(13-19)30-4;/h12-16,18H,5-11H2,1-4H3,(H2,23,24,26);1H. The number of ether oxygens (including phenoxy) is 2. The number of aliphatic imine (C=N–C) groups is 1. The lowest BCUT2D eigenvalue weighted by molar-refractivity contribution is 0.393. The summed E-state index contributed by atoms with van der Waals surface area (Å²) in [5.74, 6) is 2.52. The first-order valence-corrected chi connectivity index (χ1v) is 10.5. The molecule has 3 rings (SSSR count). The molecule has 1 saturated heterocycles. The summed E-state index contributed by atoms with van der Waals surface area (Å²) in [5, 5.41) is 11.2. The van der Waals surface area contributed by atoms with Gasteiger partial charge in [-0.1, -0.05) is 0 Å². The first kappa shape index (κ1) is 25.1. The molecule has 1 aliphatic rings. The maximum atomic E-state index is 5.40. The van der Waals surface area contributed by atoms with Crippen LogP contribution in [0.2, 0.25) is 0 Å². The molecule has 0 bridgehead atoms. The minimum Gasteiger partial charge on any atom is -0.497 e. The average Bonchev–Trinajstić information content (AvgIpc) is 3.20. The number of aryl methyl sites for hydroxylation is 2. The first-order valence-electron chi connectivity index (χ1n) is 10.5. The van der Waals surface area contributed by atoms with Crippen molar-refractivity contribution in [1.82, 2.24) is 20.4 Å². The van der Waals surface area contributed by atoms with Crippen LogP contribution in [0.5, 0.6) is 11.5 Å². The first-order chi connectivity index (χ1) is 14.6. The predicted octanol–water partition coefficient (Wildman–Crippen LogP) is 2.82. The van der Waals surface area contributed by atoms with E-state index in [-0.39, 0.29) is 24.0 Å². The van der Waals surface area contributed by atoms with Crippen molar-refractivity contribution in [3.63, 3.8) is 0 Å². The molecule has 0 aliphatic carbocycles. The van der Waals surface area contributed by atoms with E-state index in [0.717, 1.165) is 68.5 Å². The van der Waals surface area contributed by atoms with E-state index in [4.69, 9.17) is 9.47 Å². The highest BCUT2D eigenvalue weighted by molar-refractivity contribution is 14.0. The molecule has 1 fully saturated rings.